The van der Waals surface area contributed by atoms with Gasteiger partial charge in [0.05, 0.1) is 13.5 Å². The van der Waals surface area contributed by atoms with Gasteiger partial charge in [0.15, 0.2) is 0 Å². The Morgan fingerprint density at radius 3 is 2.21 bits per heavy atom. The second-order valence-electron chi connectivity index (χ2n) is 8.13. The molecule has 178 valence electrons. The fourth-order valence-corrected chi connectivity index (χ4v) is 3.85. The van der Waals surface area contributed by atoms with E-state index < -0.39 is 6.04 Å². The molecular weight excluding hydrogens is 448 g/mol. The first-order chi connectivity index (χ1) is 16.5. The van der Waals surface area contributed by atoms with E-state index in [1.807, 2.05) is 66.7 Å². The van der Waals surface area contributed by atoms with Crippen LogP contribution >= 0.6 is 11.6 Å². The SMILES string of the molecule is CCCCNC(=O)C(c1ccccc1)N(Cc1ccc(OC)cc1)C(=O)Cc1ccc(Cl)cc1. The molecule has 0 heterocycles. The Hall–Kier alpha value is -3.31. The topological polar surface area (TPSA) is 58.6 Å². The predicted octanol–water partition coefficient (Wildman–Crippen LogP) is 5.58. The van der Waals surface area contributed by atoms with Crippen molar-refractivity contribution in [1.29, 1.82) is 0 Å². The van der Waals surface area contributed by atoms with Gasteiger partial charge in [0.1, 0.15) is 11.8 Å². The van der Waals surface area contributed by atoms with Gasteiger partial charge in [0.2, 0.25) is 11.8 Å². The minimum absolute atomic E-state index is 0.141. The van der Waals surface area contributed by atoms with Crippen LogP contribution in [0.25, 0.3) is 0 Å². The van der Waals surface area contributed by atoms with E-state index in [0.717, 1.165) is 35.3 Å². The van der Waals surface area contributed by atoms with Gasteiger partial charge in [-0.1, -0.05) is 79.5 Å². The first-order valence-corrected chi connectivity index (χ1v) is 11.9. The van der Waals surface area contributed by atoms with Crippen LogP contribution in [0.2, 0.25) is 5.02 Å². The molecule has 0 aliphatic carbocycles. The van der Waals surface area contributed by atoms with Crippen LogP contribution in [0.5, 0.6) is 5.75 Å². The molecular formula is C28H31ClN2O3. The van der Waals surface area contributed by atoms with E-state index in [0.29, 0.717) is 11.6 Å². The molecule has 0 radical (unpaired) electrons. The van der Waals surface area contributed by atoms with E-state index in [-0.39, 0.29) is 24.8 Å². The van der Waals surface area contributed by atoms with Gasteiger partial charge in [-0.25, -0.2) is 0 Å². The Balaban J connectivity index is 1.96. The molecule has 0 aliphatic rings. The van der Waals surface area contributed by atoms with Crippen LogP contribution < -0.4 is 10.1 Å². The molecule has 34 heavy (non-hydrogen) atoms. The summed E-state index contributed by atoms with van der Waals surface area (Å²) in [7, 11) is 1.61. The third-order valence-electron chi connectivity index (χ3n) is 5.61. The van der Waals surface area contributed by atoms with E-state index in [1.54, 1.807) is 24.1 Å². The summed E-state index contributed by atoms with van der Waals surface area (Å²) in [5.41, 5.74) is 2.52. The van der Waals surface area contributed by atoms with Gasteiger partial charge in [-0.05, 0) is 47.4 Å². The minimum atomic E-state index is -0.750. The predicted molar refractivity (Wildman–Crippen MR) is 136 cm³/mol. The molecule has 1 N–H and O–H groups in total. The largest absolute Gasteiger partial charge is 0.497 e. The number of hydrogen-bond acceptors (Lipinski definition) is 3. The first kappa shape index (κ1) is 25.3. The third-order valence-corrected chi connectivity index (χ3v) is 5.86. The Bertz CT molecular complexity index is 1050. The van der Waals surface area contributed by atoms with Gasteiger partial charge in [-0.3, -0.25) is 9.59 Å². The average molecular weight is 479 g/mol. The number of nitrogens with one attached hydrogen (secondary N) is 1. The summed E-state index contributed by atoms with van der Waals surface area (Å²) in [6.07, 6.45) is 2.02. The van der Waals surface area contributed by atoms with E-state index in [9.17, 15) is 9.59 Å². The van der Waals surface area contributed by atoms with Crippen LogP contribution in [0.3, 0.4) is 0 Å². The van der Waals surface area contributed by atoms with Gasteiger partial charge >= 0.3 is 0 Å². The van der Waals surface area contributed by atoms with Crippen molar-refractivity contribution >= 4 is 23.4 Å². The molecule has 0 spiro atoms. The lowest BCUT2D eigenvalue weighted by Gasteiger charge is -2.32. The molecule has 3 rings (SSSR count). The number of carbonyl (C=O) groups excluding carboxylic acids is 2. The van der Waals surface area contributed by atoms with Crippen molar-refractivity contribution < 1.29 is 14.3 Å². The summed E-state index contributed by atoms with van der Waals surface area (Å²) in [6.45, 7) is 2.93. The zero-order valence-electron chi connectivity index (χ0n) is 19.7. The molecule has 5 nitrogen and oxygen atoms in total. The summed E-state index contributed by atoms with van der Waals surface area (Å²) < 4.78 is 5.26. The number of methoxy groups -OCH3 is 1. The number of amides is 2. The molecule has 0 bridgehead atoms. The van der Waals surface area contributed by atoms with E-state index in [1.165, 1.54) is 0 Å². The number of halogens is 1. The molecule has 2 amide bonds. The number of nitrogens with zero attached hydrogens (tertiary/aromatic N) is 1. The Kier molecular flexibility index (Phi) is 9.53. The Morgan fingerprint density at radius 2 is 1.59 bits per heavy atom. The standard InChI is InChI=1S/C28H31ClN2O3/c1-3-4-18-30-28(33)27(23-8-6-5-7-9-23)31(20-22-12-16-25(34-2)17-13-22)26(32)19-21-10-14-24(29)15-11-21/h5-17,27H,3-4,18-20H2,1-2H3,(H,30,33). The lowest BCUT2D eigenvalue weighted by atomic mass is 10.0. The smallest absolute Gasteiger partial charge is 0.247 e. The Morgan fingerprint density at radius 1 is 0.941 bits per heavy atom. The van der Waals surface area contributed by atoms with Gasteiger partial charge in [0.25, 0.3) is 0 Å². The highest BCUT2D eigenvalue weighted by Crippen LogP contribution is 2.26. The summed E-state index contributed by atoms with van der Waals surface area (Å²) in [5.74, 6) is 0.412. The number of ether oxygens (including phenoxy) is 1. The molecule has 0 aliphatic heterocycles. The molecule has 0 saturated carbocycles. The number of unbranched alkanes of at least 4 members (excludes halogenated alkanes) is 1. The summed E-state index contributed by atoms with van der Waals surface area (Å²) in [4.78, 5) is 28.7. The van der Waals surface area contributed by atoms with Crippen molar-refractivity contribution in [2.45, 2.75) is 38.8 Å². The number of carbonyl (C=O) groups is 2. The van der Waals surface area contributed by atoms with Crippen LogP contribution in [0.15, 0.2) is 78.9 Å². The highest BCUT2D eigenvalue weighted by atomic mass is 35.5. The fourth-order valence-electron chi connectivity index (χ4n) is 3.72. The summed E-state index contributed by atoms with van der Waals surface area (Å²) in [6, 6.07) is 23.5. The highest BCUT2D eigenvalue weighted by Gasteiger charge is 2.31. The van der Waals surface area contributed by atoms with E-state index in [2.05, 4.69) is 12.2 Å². The van der Waals surface area contributed by atoms with Crippen LogP contribution in [-0.4, -0.2) is 30.4 Å². The van der Waals surface area contributed by atoms with Crippen molar-refractivity contribution in [1.82, 2.24) is 10.2 Å². The first-order valence-electron chi connectivity index (χ1n) is 11.5. The van der Waals surface area contributed by atoms with E-state index >= 15 is 0 Å². The van der Waals surface area contributed by atoms with Crippen molar-refractivity contribution in [3.8, 4) is 5.75 Å². The number of benzene rings is 3. The van der Waals surface area contributed by atoms with Crippen LogP contribution in [-0.2, 0) is 22.6 Å². The molecule has 1 unspecified atom stereocenters. The quantitative estimate of drug-likeness (QED) is 0.366. The molecule has 0 aromatic heterocycles. The van der Waals surface area contributed by atoms with Gasteiger partial charge in [-0.15, -0.1) is 0 Å². The van der Waals surface area contributed by atoms with Gasteiger partial charge in [-0.2, -0.15) is 0 Å². The van der Waals surface area contributed by atoms with E-state index in [4.69, 9.17) is 16.3 Å². The highest BCUT2D eigenvalue weighted by molar-refractivity contribution is 6.30. The lowest BCUT2D eigenvalue weighted by molar-refractivity contribution is -0.141. The minimum Gasteiger partial charge on any atom is -0.497 e. The van der Waals surface area contributed by atoms with Crippen molar-refractivity contribution in [2.24, 2.45) is 0 Å². The van der Waals surface area contributed by atoms with Crippen LogP contribution in [0.1, 0.15) is 42.5 Å². The van der Waals surface area contributed by atoms with Crippen molar-refractivity contribution in [2.75, 3.05) is 13.7 Å². The molecule has 3 aromatic carbocycles. The third kappa shape index (κ3) is 7.09. The summed E-state index contributed by atoms with van der Waals surface area (Å²) >= 11 is 6.02. The average Bonchev–Trinajstić information content (AvgIpc) is 2.86. The van der Waals surface area contributed by atoms with Crippen molar-refractivity contribution in [3.05, 3.63) is 101 Å². The van der Waals surface area contributed by atoms with Crippen LogP contribution in [0, 0.1) is 0 Å². The fraction of sp³-hybridized carbons (Fsp3) is 0.286. The molecule has 0 fully saturated rings. The summed E-state index contributed by atoms with van der Waals surface area (Å²) in [5, 5.41) is 3.64. The number of rotatable bonds is 11. The Labute approximate surface area is 206 Å². The molecule has 6 heteroatoms. The van der Waals surface area contributed by atoms with Gasteiger partial charge < -0.3 is 15.0 Å². The maximum Gasteiger partial charge on any atom is 0.247 e. The zero-order chi connectivity index (χ0) is 24.3. The van der Waals surface area contributed by atoms with Crippen molar-refractivity contribution in [3.63, 3.8) is 0 Å². The van der Waals surface area contributed by atoms with Crippen LogP contribution in [0.4, 0.5) is 0 Å². The maximum atomic E-state index is 13.7. The molecule has 3 aromatic rings. The second-order valence-corrected chi connectivity index (χ2v) is 8.57. The molecule has 0 saturated heterocycles. The molecule has 1 atom stereocenters. The monoisotopic (exact) mass is 478 g/mol. The zero-order valence-corrected chi connectivity index (χ0v) is 20.4. The van der Waals surface area contributed by atoms with Gasteiger partial charge in [0, 0.05) is 18.1 Å². The number of hydrogen-bond donors (Lipinski definition) is 1. The maximum absolute atomic E-state index is 13.7. The normalized spacial score (nSPS) is 11.5. The second kappa shape index (κ2) is 12.8. The lowest BCUT2D eigenvalue weighted by Crippen LogP contribution is -2.44.